The largest absolute Gasteiger partial charge is 0.373 e. The monoisotopic (exact) mass is 247 g/mol. The molecule has 0 spiro atoms. The molecule has 2 rings (SSSR count). The molecule has 0 bridgehead atoms. The van der Waals surface area contributed by atoms with E-state index < -0.39 is 0 Å². The van der Waals surface area contributed by atoms with E-state index in [1.54, 1.807) is 6.33 Å². The Bertz CT molecular complexity index is 526. The third kappa shape index (κ3) is 2.24. The maximum absolute atomic E-state index is 6.20. The molecule has 88 valence electrons. The van der Waals surface area contributed by atoms with Crippen LogP contribution in [0.25, 0.3) is 11.3 Å². The Balaban J connectivity index is 2.63. The van der Waals surface area contributed by atoms with E-state index in [4.69, 9.17) is 11.6 Å². The highest BCUT2D eigenvalue weighted by atomic mass is 35.5. The van der Waals surface area contributed by atoms with Gasteiger partial charge in [0, 0.05) is 23.2 Å². The van der Waals surface area contributed by atoms with E-state index in [1.165, 1.54) is 0 Å². The van der Waals surface area contributed by atoms with Gasteiger partial charge in [0.25, 0.3) is 0 Å². The molecule has 0 saturated heterocycles. The van der Waals surface area contributed by atoms with Crippen LogP contribution in [0.5, 0.6) is 0 Å². The van der Waals surface area contributed by atoms with Crippen LogP contribution in [-0.4, -0.2) is 17.0 Å². The fourth-order valence-electron chi connectivity index (χ4n) is 1.85. The molecule has 0 fully saturated rings. The van der Waals surface area contributed by atoms with Gasteiger partial charge in [-0.15, -0.1) is 0 Å². The highest BCUT2D eigenvalue weighted by Gasteiger charge is 2.12. The van der Waals surface area contributed by atoms with Gasteiger partial charge in [-0.05, 0) is 12.5 Å². The molecule has 1 N–H and O–H groups in total. The summed E-state index contributed by atoms with van der Waals surface area (Å²) in [5.41, 5.74) is 2.94. The van der Waals surface area contributed by atoms with Crippen molar-refractivity contribution in [3.63, 3.8) is 0 Å². The summed E-state index contributed by atoms with van der Waals surface area (Å²) in [7, 11) is 1.86. The van der Waals surface area contributed by atoms with Gasteiger partial charge in [-0.2, -0.15) is 0 Å². The molecule has 0 aliphatic rings. The van der Waals surface area contributed by atoms with E-state index in [9.17, 15) is 0 Å². The lowest BCUT2D eigenvalue weighted by atomic mass is 10.0. The highest BCUT2D eigenvalue weighted by Crippen LogP contribution is 2.31. The SMILES string of the molecule is CCc1c(NC)ncnc1-c1ccccc1Cl. The van der Waals surface area contributed by atoms with Gasteiger partial charge < -0.3 is 5.32 Å². The van der Waals surface area contributed by atoms with E-state index in [1.807, 2.05) is 31.3 Å². The first-order valence-electron chi connectivity index (χ1n) is 5.54. The molecule has 0 aliphatic carbocycles. The number of nitrogens with zero attached hydrogens (tertiary/aromatic N) is 2. The molecule has 1 heterocycles. The average Bonchev–Trinajstić information content (AvgIpc) is 2.38. The van der Waals surface area contributed by atoms with Crippen molar-refractivity contribution in [3.8, 4) is 11.3 Å². The number of hydrogen-bond acceptors (Lipinski definition) is 3. The minimum absolute atomic E-state index is 0.711. The zero-order valence-electron chi connectivity index (χ0n) is 9.87. The van der Waals surface area contributed by atoms with Gasteiger partial charge in [-0.1, -0.05) is 36.7 Å². The summed E-state index contributed by atoms with van der Waals surface area (Å²) in [6, 6.07) is 7.72. The molecule has 1 aromatic heterocycles. The van der Waals surface area contributed by atoms with Gasteiger partial charge in [0.2, 0.25) is 0 Å². The molecule has 0 amide bonds. The van der Waals surface area contributed by atoms with E-state index in [-0.39, 0.29) is 0 Å². The maximum Gasteiger partial charge on any atom is 0.132 e. The predicted octanol–water partition coefficient (Wildman–Crippen LogP) is 3.40. The highest BCUT2D eigenvalue weighted by molar-refractivity contribution is 6.33. The van der Waals surface area contributed by atoms with Gasteiger partial charge >= 0.3 is 0 Å². The molecule has 17 heavy (non-hydrogen) atoms. The number of halogens is 1. The third-order valence-electron chi connectivity index (χ3n) is 2.66. The Morgan fingerprint density at radius 1 is 1.24 bits per heavy atom. The molecule has 2 aromatic rings. The van der Waals surface area contributed by atoms with Crippen LogP contribution in [-0.2, 0) is 6.42 Å². The Morgan fingerprint density at radius 2 is 2.00 bits per heavy atom. The minimum Gasteiger partial charge on any atom is -0.373 e. The second-order valence-electron chi connectivity index (χ2n) is 3.63. The summed E-state index contributed by atoms with van der Waals surface area (Å²) >= 11 is 6.20. The van der Waals surface area contributed by atoms with Crippen molar-refractivity contribution in [1.82, 2.24) is 9.97 Å². The Morgan fingerprint density at radius 3 is 2.65 bits per heavy atom. The number of hydrogen-bond donors (Lipinski definition) is 1. The first-order chi connectivity index (χ1) is 8.27. The molecule has 0 saturated carbocycles. The topological polar surface area (TPSA) is 37.8 Å². The van der Waals surface area contributed by atoms with E-state index in [0.29, 0.717) is 5.02 Å². The number of rotatable bonds is 3. The molecule has 0 radical (unpaired) electrons. The van der Waals surface area contributed by atoms with Crippen LogP contribution in [0.1, 0.15) is 12.5 Å². The molecule has 4 heteroatoms. The fraction of sp³-hybridized carbons (Fsp3) is 0.231. The average molecular weight is 248 g/mol. The molecular formula is C13H14ClN3. The minimum atomic E-state index is 0.711. The number of anilines is 1. The van der Waals surface area contributed by atoms with Gasteiger partial charge in [0.05, 0.1) is 5.69 Å². The third-order valence-corrected chi connectivity index (χ3v) is 2.99. The lowest BCUT2D eigenvalue weighted by Crippen LogP contribution is -2.02. The van der Waals surface area contributed by atoms with Crippen molar-refractivity contribution in [2.45, 2.75) is 13.3 Å². The summed E-state index contributed by atoms with van der Waals surface area (Å²) in [5.74, 6) is 0.859. The van der Waals surface area contributed by atoms with Crippen molar-refractivity contribution >= 4 is 17.4 Å². The van der Waals surface area contributed by atoms with Gasteiger partial charge in [0.15, 0.2) is 0 Å². The van der Waals surface area contributed by atoms with Crippen LogP contribution in [0.2, 0.25) is 5.02 Å². The van der Waals surface area contributed by atoms with Crippen LogP contribution in [0.4, 0.5) is 5.82 Å². The van der Waals surface area contributed by atoms with Crippen molar-refractivity contribution in [2.24, 2.45) is 0 Å². The van der Waals surface area contributed by atoms with Crippen LogP contribution < -0.4 is 5.32 Å². The quantitative estimate of drug-likeness (QED) is 0.903. The van der Waals surface area contributed by atoms with Crippen molar-refractivity contribution in [1.29, 1.82) is 0 Å². The van der Waals surface area contributed by atoms with Gasteiger partial charge in [0.1, 0.15) is 12.1 Å². The van der Waals surface area contributed by atoms with Gasteiger partial charge in [-0.3, -0.25) is 0 Å². The van der Waals surface area contributed by atoms with E-state index in [2.05, 4.69) is 22.2 Å². The number of benzene rings is 1. The molecule has 0 aliphatic heterocycles. The summed E-state index contributed by atoms with van der Waals surface area (Å²) in [5, 5.41) is 3.79. The molecular weight excluding hydrogens is 234 g/mol. The molecule has 0 unspecified atom stereocenters. The second kappa shape index (κ2) is 5.15. The van der Waals surface area contributed by atoms with E-state index >= 15 is 0 Å². The maximum atomic E-state index is 6.20. The van der Waals surface area contributed by atoms with Crippen LogP contribution in [0.3, 0.4) is 0 Å². The zero-order valence-corrected chi connectivity index (χ0v) is 10.6. The van der Waals surface area contributed by atoms with Gasteiger partial charge in [-0.25, -0.2) is 9.97 Å². The Kier molecular flexibility index (Phi) is 3.59. The van der Waals surface area contributed by atoms with Crippen LogP contribution >= 0.6 is 11.6 Å². The van der Waals surface area contributed by atoms with Crippen LogP contribution in [0.15, 0.2) is 30.6 Å². The number of nitrogens with one attached hydrogen (secondary N) is 1. The zero-order chi connectivity index (χ0) is 12.3. The van der Waals surface area contributed by atoms with Crippen molar-refractivity contribution < 1.29 is 0 Å². The molecule has 1 aromatic carbocycles. The van der Waals surface area contributed by atoms with Crippen molar-refractivity contribution in [3.05, 3.63) is 41.2 Å². The fourth-order valence-corrected chi connectivity index (χ4v) is 2.07. The second-order valence-corrected chi connectivity index (χ2v) is 4.04. The van der Waals surface area contributed by atoms with Crippen LogP contribution in [0, 0.1) is 0 Å². The first kappa shape index (κ1) is 11.9. The Labute approximate surface area is 106 Å². The predicted molar refractivity (Wildman–Crippen MR) is 71.4 cm³/mol. The summed E-state index contributed by atoms with van der Waals surface area (Å²) < 4.78 is 0. The standard InChI is InChI=1S/C13H14ClN3/c1-3-9-12(16-8-17-13(9)15-2)10-6-4-5-7-11(10)14/h4-8H,3H2,1-2H3,(H,15,16,17). The summed E-state index contributed by atoms with van der Waals surface area (Å²) in [6.45, 7) is 2.08. The molecule has 3 nitrogen and oxygen atoms in total. The Hall–Kier alpha value is -1.61. The van der Waals surface area contributed by atoms with E-state index in [0.717, 1.165) is 29.1 Å². The smallest absolute Gasteiger partial charge is 0.132 e. The van der Waals surface area contributed by atoms with Crippen molar-refractivity contribution in [2.75, 3.05) is 12.4 Å². The normalized spacial score (nSPS) is 10.3. The first-order valence-corrected chi connectivity index (χ1v) is 5.92. The number of aromatic nitrogens is 2. The summed E-state index contributed by atoms with van der Waals surface area (Å²) in [4.78, 5) is 8.57. The molecule has 0 atom stereocenters. The lowest BCUT2D eigenvalue weighted by Gasteiger charge is -2.11. The summed E-state index contributed by atoms with van der Waals surface area (Å²) in [6.07, 6.45) is 2.42. The lowest BCUT2D eigenvalue weighted by molar-refractivity contribution is 1.05.